The van der Waals surface area contributed by atoms with Gasteiger partial charge in [0.2, 0.25) is 0 Å². The smallest absolute Gasteiger partial charge is 0.149 e. The average molecular weight is 213 g/mol. The van der Waals surface area contributed by atoms with Crippen molar-refractivity contribution in [3.8, 4) is 0 Å². The molecule has 1 fully saturated rings. The SMILES string of the molecule is CN(c1cncc(Cl)n1)C1CCNC1. The van der Waals surface area contributed by atoms with Crippen LogP contribution >= 0.6 is 11.6 Å². The maximum atomic E-state index is 5.78. The van der Waals surface area contributed by atoms with E-state index >= 15 is 0 Å². The van der Waals surface area contributed by atoms with Crippen molar-refractivity contribution in [2.75, 3.05) is 25.0 Å². The van der Waals surface area contributed by atoms with Gasteiger partial charge < -0.3 is 10.2 Å². The van der Waals surface area contributed by atoms with Gasteiger partial charge in [0.25, 0.3) is 0 Å². The summed E-state index contributed by atoms with van der Waals surface area (Å²) in [4.78, 5) is 10.4. The quantitative estimate of drug-likeness (QED) is 0.792. The first-order chi connectivity index (χ1) is 6.77. The molecule has 1 aromatic rings. The third-order valence-corrected chi connectivity index (χ3v) is 2.72. The number of hydrogen-bond donors (Lipinski definition) is 1. The molecule has 0 aromatic carbocycles. The standard InChI is InChI=1S/C9H13ClN4/c1-14(7-2-3-11-4-7)9-6-12-5-8(10)13-9/h5-7,11H,2-4H2,1H3. The van der Waals surface area contributed by atoms with E-state index in [2.05, 4.69) is 20.2 Å². The lowest BCUT2D eigenvalue weighted by Crippen LogP contribution is -2.33. The van der Waals surface area contributed by atoms with Gasteiger partial charge in [0, 0.05) is 19.6 Å². The summed E-state index contributed by atoms with van der Waals surface area (Å²) in [5.41, 5.74) is 0. The number of likely N-dealkylation sites (N-methyl/N-ethyl adjacent to an activating group) is 1. The fourth-order valence-electron chi connectivity index (χ4n) is 1.66. The van der Waals surface area contributed by atoms with Crippen LogP contribution < -0.4 is 10.2 Å². The minimum atomic E-state index is 0.445. The van der Waals surface area contributed by atoms with Gasteiger partial charge in [-0.1, -0.05) is 11.6 Å². The summed E-state index contributed by atoms with van der Waals surface area (Å²) in [6.07, 6.45) is 4.43. The summed E-state index contributed by atoms with van der Waals surface area (Å²) >= 11 is 5.78. The maximum Gasteiger partial charge on any atom is 0.149 e. The highest BCUT2D eigenvalue weighted by molar-refractivity contribution is 6.29. The Morgan fingerprint density at radius 1 is 1.57 bits per heavy atom. The summed E-state index contributed by atoms with van der Waals surface area (Å²) in [6, 6.07) is 0.503. The van der Waals surface area contributed by atoms with Gasteiger partial charge in [0.15, 0.2) is 0 Å². The number of anilines is 1. The molecule has 1 unspecified atom stereocenters. The zero-order chi connectivity index (χ0) is 9.97. The Labute approximate surface area is 88.3 Å². The minimum Gasteiger partial charge on any atom is -0.354 e. The van der Waals surface area contributed by atoms with E-state index in [1.807, 2.05) is 7.05 Å². The highest BCUT2D eigenvalue weighted by Crippen LogP contribution is 2.16. The monoisotopic (exact) mass is 212 g/mol. The van der Waals surface area contributed by atoms with Crippen LogP contribution in [0.5, 0.6) is 0 Å². The molecule has 14 heavy (non-hydrogen) atoms. The maximum absolute atomic E-state index is 5.78. The molecule has 2 heterocycles. The second kappa shape index (κ2) is 4.11. The molecule has 1 saturated heterocycles. The predicted molar refractivity (Wildman–Crippen MR) is 56.7 cm³/mol. The van der Waals surface area contributed by atoms with E-state index in [0.717, 1.165) is 25.3 Å². The molecule has 0 spiro atoms. The van der Waals surface area contributed by atoms with Crippen molar-refractivity contribution in [3.05, 3.63) is 17.5 Å². The molecular formula is C9H13ClN4. The topological polar surface area (TPSA) is 41.1 Å². The van der Waals surface area contributed by atoms with E-state index in [-0.39, 0.29) is 0 Å². The van der Waals surface area contributed by atoms with E-state index in [0.29, 0.717) is 11.2 Å². The summed E-state index contributed by atoms with van der Waals surface area (Å²) in [5.74, 6) is 0.839. The third-order valence-electron chi connectivity index (χ3n) is 2.54. The van der Waals surface area contributed by atoms with E-state index in [1.54, 1.807) is 12.4 Å². The number of aromatic nitrogens is 2. The molecule has 1 aromatic heterocycles. The van der Waals surface area contributed by atoms with Crippen molar-refractivity contribution in [1.82, 2.24) is 15.3 Å². The first-order valence-electron chi connectivity index (χ1n) is 4.68. The first-order valence-corrected chi connectivity index (χ1v) is 5.06. The van der Waals surface area contributed by atoms with Crippen LogP contribution in [0.2, 0.25) is 5.15 Å². The van der Waals surface area contributed by atoms with Gasteiger partial charge in [-0.05, 0) is 13.0 Å². The molecular weight excluding hydrogens is 200 g/mol. The zero-order valence-electron chi connectivity index (χ0n) is 8.07. The van der Waals surface area contributed by atoms with Crippen LogP contribution in [-0.4, -0.2) is 36.1 Å². The van der Waals surface area contributed by atoms with Gasteiger partial charge in [0.1, 0.15) is 11.0 Å². The molecule has 1 aliphatic rings. The normalized spacial score (nSPS) is 21.1. The Balaban J connectivity index is 2.13. The van der Waals surface area contributed by atoms with Gasteiger partial charge in [-0.2, -0.15) is 0 Å². The molecule has 1 aliphatic heterocycles. The second-order valence-electron chi connectivity index (χ2n) is 3.46. The molecule has 0 bridgehead atoms. The molecule has 5 heteroatoms. The Hall–Kier alpha value is -0.870. The van der Waals surface area contributed by atoms with Gasteiger partial charge in [-0.15, -0.1) is 0 Å². The Morgan fingerprint density at radius 2 is 2.43 bits per heavy atom. The van der Waals surface area contributed by atoms with Crippen LogP contribution in [-0.2, 0) is 0 Å². The molecule has 0 radical (unpaired) electrons. The van der Waals surface area contributed by atoms with Crippen molar-refractivity contribution in [3.63, 3.8) is 0 Å². The highest BCUT2D eigenvalue weighted by atomic mass is 35.5. The van der Waals surface area contributed by atoms with Crippen LogP contribution in [0.3, 0.4) is 0 Å². The van der Waals surface area contributed by atoms with Crippen LogP contribution in [0.1, 0.15) is 6.42 Å². The fraction of sp³-hybridized carbons (Fsp3) is 0.556. The lowest BCUT2D eigenvalue weighted by Gasteiger charge is -2.24. The van der Waals surface area contributed by atoms with Crippen LogP contribution in [0.15, 0.2) is 12.4 Å². The Bertz CT molecular complexity index is 311. The number of halogens is 1. The second-order valence-corrected chi connectivity index (χ2v) is 3.84. The Kier molecular flexibility index (Phi) is 2.84. The summed E-state index contributed by atoms with van der Waals surface area (Å²) < 4.78 is 0. The molecule has 4 nitrogen and oxygen atoms in total. The lowest BCUT2D eigenvalue weighted by molar-refractivity contribution is 0.676. The van der Waals surface area contributed by atoms with Crippen LogP contribution in [0.4, 0.5) is 5.82 Å². The summed E-state index contributed by atoms with van der Waals surface area (Å²) in [5, 5.41) is 3.76. The molecule has 1 N–H and O–H groups in total. The minimum absolute atomic E-state index is 0.445. The average Bonchev–Trinajstić information content (AvgIpc) is 2.69. The van der Waals surface area contributed by atoms with Gasteiger partial charge in [-0.3, -0.25) is 4.98 Å². The zero-order valence-corrected chi connectivity index (χ0v) is 8.83. The summed E-state index contributed by atoms with van der Waals surface area (Å²) in [6.45, 7) is 2.08. The van der Waals surface area contributed by atoms with E-state index in [4.69, 9.17) is 11.6 Å². The number of hydrogen-bond acceptors (Lipinski definition) is 4. The van der Waals surface area contributed by atoms with E-state index in [9.17, 15) is 0 Å². The van der Waals surface area contributed by atoms with Crippen molar-refractivity contribution in [2.24, 2.45) is 0 Å². The number of nitrogens with zero attached hydrogens (tertiary/aromatic N) is 3. The molecule has 2 rings (SSSR count). The summed E-state index contributed by atoms with van der Waals surface area (Å²) in [7, 11) is 2.03. The van der Waals surface area contributed by atoms with Crippen molar-refractivity contribution >= 4 is 17.4 Å². The first kappa shape index (κ1) is 9.68. The van der Waals surface area contributed by atoms with Crippen molar-refractivity contribution in [2.45, 2.75) is 12.5 Å². The molecule has 0 saturated carbocycles. The van der Waals surface area contributed by atoms with Gasteiger partial charge in [-0.25, -0.2) is 4.98 Å². The van der Waals surface area contributed by atoms with Gasteiger partial charge in [0.05, 0.1) is 12.4 Å². The largest absolute Gasteiger partial charge is 0.354 e. The van der Waals surface area contributed by atoms with Crippen LogP contribution in [0.25, 0.3) is 0 Å². The van der Waals surface area contributed by atoms with Crippen LogP contribution in [0, 0.1) is 0 Å². The predicted octanol–water partition coefficient (Wildman–Crippen LogP) is 0.928. The highest BCUT2D eigenvalue weighted by Gasteiger charge is 2.20. The van der Waals surface area contributed by atoms with Crippen molar-refractivity contribution < 1.29 is 0 Å². The number of nitrogens with one attached hydrogen (secondary N) is 1. The molecule has 0 aliphatic carbocycles. The van der Waals surface area contributed by atoms with Gasteiger partial charge >= 0.3 is 0 Å². The fourth-order valence-corrected chi connectivity index (χ4v) is 1.80. The Morgan fingerprint density at radius 3 is 3.07 bits per heavy atom. The molecule has 0 amide bonds. The van der Waals surface area contributed by atoms with E-state index < -0.39 is 0 Å². The number of rotatable bonds is 2. The lowest BCUT2D eigenvalue weighted by atomic mass is 10.2. The molecule has 1 atom stereocenters. The van der Waals surface area contributed by atoms with Crippen molar-refractivity contribution in [1.29, 1.82) is 0 Å². The third kappa shape index (κ3) is 1.96. The van der Waals surface area contributed by atoms with E-state index in [1.165, 1.54) is 0 Å². The molecule has 76 valence electrons.